The lowest BCUT2D eigenvalue weighted by molar-refractivity contribution is 0.364. The van der Waals surface area contributed by atoms with E-state index in [9.17, 15) is 4.39 Å². The van der Waals surface area contributed by atoms with E-state index in [1.54, 1.807) is 12.1 Å². The summed E-state index contributed by atoms with van der Waals surface area (Å²) >= 11 is 0. The minimum absolute atomic E-state index is 0.0962. The van der Waals surface area contributed by atoms with Crippen molar-refractivity contribution in [1.29, 1.82) is 0 Å². The molecule has 0 spiro atoms. The van der Waals surface area contributed by atoms with Crippen LogP contribution in [-0.4, -0.2) is 6.04 Å². The third-order valence-electron chi connectivity index (χ3n) is 3.91. The Balaban J connectivity index is 1.98. The van der Waals surface area contributed by atoms with Crippen LogP contribution in [0.2, 0.25) is 0 Å². The average Bonchev–Trinajstić information content (AvgIpc) is 3.11. The van der Waals surface area contributed by atoms with Crippen molar-refractivity contribution in [2.75, 3.05) is 0 Å². The van der Waals surface area contributed by atoms with Gasteiger partial charge < -0.3 is 5.32 Å². The molecule has 0 aromatic heterocycles. The molecule has 3 rings (SSSR count). The van der Waals surface area contributed by atoms with Gasteiger partial charge in [-0.05, 0) is 54.9 Å². The fourth-order valence-electron chi connectivity index (χ4n) is 2.79. The molecule has 1 aromatic carbocycles. The molecule has 1 aliphatic heterocycles. The SMILES string of the molecule is CCC1Cc2ccc(F)cc2C(C2CC2)N1. The molecular formula is C14H18FN. The molecule has 1 aromatic rings. The third-order valence-corrected chi connectivity index (χ3v) is 3.91. The molecule has 1 N–H and O–H groups in total. The van der Waals surface area contributed by atoms with Crippen LogP contribution >= 0.6 is 0 Å². The smallest absolute Gasteiger partial charge is 0.123 e. The number of rotatable bonds is 2. The van der Waals surface area contributed by atoms with Gasteiger partial charge >= 0.3 is 0 Å². The van der Waals surface area contributed by atoms with Gasteiger partial charge in [-0.15, -0.1) is 0 Å². The van der Waals surface area contributed by atoms with Crippen LogP contribution in [0.15, 0.2) is 18.2 Å². The zero-order valence-corrected chi connectivity index (χ0v) is 9.67. The zero-order valence-electron chi connectivity index (χ0n) is 9.67. The molecule has 1 heterocycles. The molecule has 1 fully saturated rings. The number of nitrogens with one attached hydrogen (secondary N) is 1. The van der Waals surface area contributed by atoms with Crippen molar-refractivity contribution in [3.05, 3.63) is 35.1 Å². The molecule has 2 unspecified atom stereocenters. The monoisotopic (exact) mass is 219 g/mol. The molecular weight excluding hydrogens is 201 g/mol. The third kappa shape index (κ3) is 1.75. The van der Waals surface area contributed by atoms with Gasteiger partial charge in [-0.1, -0.05) is 13.0 Å². The molecule has 2 heteroatoms. The average molecular weight is 219 g/mol. The van der Waals surface area contributed by atoms with E-state index in [1.807, 2.05) is 6.07 Å². The van der Waals surface area contributed by atoms with E-state index >= 15 is 0 Å². The predicted molar refractivity (Wildman–Crippen MR) is 62.8 cm³/mol. The first kappa shape index (κ1) is 10.3. The molecule has 0 amide bonds. The van der Waals surface area contributed by atoms with Crippen LogP contribution in [0.3, 0.4) is 0 Å². The molecule has 1 aliphatic carbocycles. The number of hydrogen-bond acceptors (Lipinski definition) is 1. The molecule has 0 radical (unpaired) electrons. The quantitative estimate of drug-likeness (QED) is 0.805. The van der Waals surface area contributed by atoms with Crippen LogP contribution in [0, 0.1) is 11.7 Å². The lowest BCUT2D eigenvalue weighted by Gasteiger charge is -2.33. The van der Waals surface area contributed by atoms with E-state index in [1.165, 1.54) is 24.0 Å². The van der Waals surface area contributed by atoms with Gasteiger partial charge in [0, 0.05) is 12.1 Å². The van der Waals surface area contributed by atoms with E-state index < -0.39 is 0 Å². The van der Waals surface area contributed by atoms with Crippen LogP contribution in [0.1, 0.15) is 43.4 Å². The predicted octanol–water partition coefficient (Wildman–Crippen LogP) is 3.20. The summed E-state index contributed by atoms with van der Waals surface area (Å²) in [5.41, 5.74) is 2.57. The van der Waals surface area contributed by atoms with Crippen molar-refractivity contribution in [1.82, 2.24) is 5.32 Å². The molecule has 0 bridgehead atoms. The maximum absolute atomic E-state index is 13.3. The second-order valence-electron chi connectivity index (χ2n) is 5.13. The second kappa shape index (κ2) is 3.85. The molecule has 86 valence electrons. The van der Waals surface area contributed by atoms with Gasteiger partial charge in [-0.25, -0.2) is 4.39 Å². The first-order valence-electron chi connectivity index (χ1n) is 6.32. The van der Waals surface area contributed by atoms with Gasteiger partial charge in [-0.2, -0.15) is 0 Å². The van der Waals surface area contributed by atoms with Crippen LogP contribution in [0.4, 0.5) is 4.39 Å². The highest BCUT2D eigenvalue weighted by Gasteiger charge is 2.37. The highest BCUT2D eigenvalue weighted by atomic mass is 19.1. The fraction of sp³-hybridized carbons (Fsp3) is 0.571. The van der Waals surface area contributed by atoms with Gasteiger partial charge in [0.05, 0.1) is 0 Å². The van der Waals surface area contributed by atoms with Crippen molar-refractivity contribution < 1.29 is 4.39 Å². The highest BCUT2D eigenvalue weighted by molar-refractivity contribution is 5.35. The normalized spacial score (nSPS) is 28.9. The summed E-state index contributed by atoms with van der Waals surface area (Å²) in [6.45, 7) is 2.22. The van der Waals surface area contributed by atoms with Crippen LogP contribution in [0.5, 0.6) is 0 Å². The van der Waals surface area contributed by atoms with Crippen molar-refractivity contribution in [2.24, 2.45) is 5.92 Å². The summed E-state index contributed by atoms with van der Waals surface area (Å²) < 4.78 is 13.3. The van der Waals surface area contributed by atoms with Crippen molar-refractivity contribution in [2.45, 2.75) is 44.7 Å². The van der Waals surface area contributed by atoms with E-state index in [0.717, 1.165) is 18.8 Å². The van der Waals surface area contributed by atoms with Crippen LogP contribution in [-0.2, 0) is 6.42 Å². The first-order valence-corrected chi connectivity index (χ1v) is 6.32. The van der Waals surface area contributed by atoms with Gasteiger partial charge in [0.15, 0.2) is 0 Å². The summed E-state index contributed by atoms with van der Waals surface area (Å²) in [4.78, 5) is 0. The summed E-state index contributed by atoms with van der Waals surface area (Å²) in [7, 11) is 0. The zero-order chi connectivity index (χ0) is 11.1. The largest absolute Gasteiger partial charge is 0.307 e. The van der Waals surface area contributed by atoms with Gasteiger partial charge in [-0.3, -0.25) is 0 Å². The molecule has 2 atom stereocenters. The molecule has 0 saturated heterocycles. The van der Waals surface area contributed by atoms with Gasteiger partial charge in [0.1, 0.15) is 5.82 Å². The number of fused-ring (bicyclic) bond motifs is 1. The van der Waals surface area contributed by atoms with Crippen molar-refractivity contribution in [3.63, 3.8) is 0 Å². The lowest BCUT2D eigenvalue weighted by atomic mass is 9.87. The Morgan fingerprint density at radius 2 is 2.19 bits per heavy atom. The maximum Gasteiger partial charge on any atom is 0.123 e. The molecule has 1 nitrogen and oxygen atoms in total. The molecule has 1 saturated carbocycles. The van der Waals surface area contributed by atoms with E-state index in [0.29, 0.717) is 12.1 Å². The summed E-state index contributed by atoms with van der Waals surface area (Å²) in [6, 6.07) is 6.29. The van der Waals surface area contributed by atoms with Crippen LogP contribution in [0.25, 0.3) is 0 Å². The van der Waals surface area contributed by atoms with Gasteiger partial charge in [0.25, 0.3) is 0 Å². The van der Waals surface area contributed by atoms with Crippen molar-refractivity contribution >= 4 is 0 Å². The first-order chi connectivity index (χ1) is 7.78. The topological polar surface area (TPSA) is 12.0 Å². The summed E-state index contributed by atoms with van der Waals surface area (Å²) in [5.74, 6) is 0.649. The Labute approximate surface area is 96.1 Å². The summed E-state index contributed by atoms with van der Waals surface area (Å²) in [6.07, 6.45) is 4.80. The Hall–Kier alpha value is -0.890. The fourth-order valence-corrected chi connectivity index (χ4v) is 2.79. The van der Waals surface area contributed by atoms with Crippen molar-refractivity contribution in [3.8, 4) is 0 Å². The van der Waals surface area contributed by atoms with Crippen LogP contribution < -0.4 is 5.32 Å². The summed E-state index contributed by atoms with van der Waals surface area (Å²) in [5, 5.41) is 3.68. The Kier molecular flexibility index (Phi) is 2.47. The lowest BCUT2D eigenvalue weighted by Crippen LogP contribution is -2.40. The molecule has 16 heavy (non-hydrogen) atoms. The highest BCUT2D eigenvalue weighted by Crippen LogP contribution is 2.44. The minimum atomic E-state index is -0.0962. The minimum Gasteiger partial charge on any atom is -0.307 e. The second-order valence-corrected chi connectivity index (χ2v) is 5.13. The standard InChI is InChI=1S/C14H18FN/c1-2-12-7-10-5-6-11(15)8-13(10)14(16-12)9-3-4-9/h5-6,8-9,12,14,16H,2-4,7H2,1H3. The van der Waals surface area contributed by atoms with E-state index in [2.05, 4.69) is 12.2 Å². The Morgan fingerprint density at radius 1 is 1.38 bits per heavy atom. The Morgan fingerprint density at radius 3 is 2.88 bits per heavy atom. The maximum atomic E-state index is 13.3. The van der Waals surface area contributed by atoms with E-state index in [-0.39, 0.29) is 5.82 Å². The van der Waals surface area contributed by atoms with E-state index in [4.69, 9.17) is 0 Å². The number of benzene rings is 1. The number of halogens is 1. The molecule has 2 aliphatic rings. The van der Waals surface area contributed by atoms with Gasteiger partial charge in [0.2, 0.25) is 0 Å². The number of hydrogen-bond donors (Lipinski definition) is 1. The Bertz CT molecular complexity index is 398.